The molecule has 1 aromatic rings. The first-order chi connectivity index (χ1) is 9.13. The zero-order valence-electron chi connectivity index (χ0n) is 11.6. The second-order valence-corrected chi connectivity index (χ2v) is 5.04. The molecule has 1 aliphatic rings. The Morgan fingerprint density at radius 2 is 2.21 bits per heavy atom. The van der Waals surface area contributed by atoms with Crippen LogP contribution in [0.4, 0.5) is 0 Å². The third kappa shape index (κ3) is 2.97. The fourth-order valence-electron chi connectivity index (χ4n) is 2.21. The summed E-state index contributed by atoms with van der Waals surface area (Å²) < 4.78 is 0. The first-order valence-corrected chi connectivity index (χ1v) is 6.70. The molecule has 2 N–H and O–H groups in total. The quantitative estimate of drug-likeness (QED) is 0.822. The summed E-state index contributed by atoms with van der Waals surface area (Å²) in [7, 11) is 1.89. The van der Waals surface area contributed by atoms with Crippen molar-refractivity contribution in [3.63, 3.8) is 0 Å². The summed E-state index contributed by atoms with van der Waals surface area (Å²) in [6.07, 6.45) is 3.46. The Morgan fingerprint density at radius 3 is 2.79 bits per heavy atom. The minimum Gasteiger partial charge on any atom is -0.339 e. The van der Waals surface area contributed by atoms with Gasteiger partial charge in [-0.1, -0.05) is 17.9 Å². The highest BCUT2D eigenvalue weighted by atomic mass is 16.2. The number of carbonyl (C=O) groups excluding carboxylic acids is 1. The van der Waals surface area contributed by atoms with Crippen LogP contribution in [0.25, 0.3) is 0 Å². The summed E-state index contributed by atoms with van der Waals surface area (Å²) in [6.45, 7) is 2.29. The number of aryl methyl sites for hydroxylation is 1. The predicted octanol–water partition coefficient (Wildman–Crippen LogP) is 1.93. The van der Waals surface area contributed by atoms with Crippen molar-refractivity contribution in [3.8, 4) is 11.8 Å². The molecule has 1 amide bonds. The maximum absolute atomic E-state index is 12.5. The molecule has 0 unspecified atom stereocenters. The Balaban J connectivity index is 2.24. The molecule has 3 heteroatoms. The molecule has 1 aliphatic carbocycles. The topological polar surface area (TPSA) is 46.3 Å². The van der Waals surface area contributed by atoms with Crippen LogP contribution in [0.5, 0.6) is 0 Å². The van der Waals surface area contributed by atoms with Crippen molar-refractivity contribution in [1.29, 1.82) is 0 Å². The molecule has 1 aromatic carbocycles. The van der Waals surface area contributed by atoms with Crippen LogP contribution in [0.3, 0.4) is 0 Å². The molecule has 100 valence electrons. The van der Waals surface area contributed by atoms with Crippen LogP contribution < -0.4 is 5.73 Å². The van der Waals surface area contributed by atoms with E-state index in [0.717, 1.165) is 29.5 Å². The normalized spacial score (nSPS) is 14.3. The summed E-state index contributed by atoms with van der Waals surface area (Å²) in [4.78, 5) is 14.3. The Morgan fingerprint density at radius 1 is 1.47 bits per heavy atom. The molecule has 2 rings (SSSR count). The zero-order valence-corrected chi connectivity index (χ0v) is 11.6. The standard InChI is InChI=1S/C16H20N2O/c1-12-8-9-13(5-4-10-17)11-15(12)16(19)18(2)14-6-3-7-14/h8-9,11,14H,3,6-7,10,17H2,1-2H3. The highest BCUT2D eigenvalue weighted by Crippen LogP contribution is 2.25. The van der Waals surface area contributed by atoms with Crippen molar-refractivity contribution >= 4 is 5.91 Å². The van der Waals surface area contributed by atoms with Crippen molar-refractivity contribution in [1.82, 2.24) is 4.90 Å². The van der Waals surface area contributed by atoms with E-state index in [1.54, 1.807) is 0 Å². The second-order valence-electron chi connectivity index (χ2n) is 5.04. The van der Waals surface area contributed by atoms with Gasteiger partial charge in [-0.15, -0.1) is 0 Å². The van der Waals surface area contributed by atoms with Crippen molar-refractivity contribution in [2.45, 2.75) is 32.2 Å². The van der Waals surface area contributed by atoms with Gasteiger partial charge in [0.05, 0.1) is 6.54 Å². The number of carbonyl (C=O) groups is 1. The number of nitrogens with zero attached hydrogens (tertiary/aromatic N) is 1. The second kappa shape index (κ2) is 5.90. The predicted molar refractivity (Wildman–Crippen MR) is 76.8 cm³/mol. The van der Waals surface area contributed by atoms with E-state index < -0.39 is 0 Å². The average molecular weight is 256 g/mol. The van der Waals surface area contributed by atoms with E-state index in [4.69, 9.17) is 5.73 Å². The van der Waals surface area contributed by atoms with Gasteiger partial charge in [-0.3, -0.25) is 4.79 Å². The molecule has 3 nitrogen and oxygen atoms in total. The molecule has 0 bridgehead atoms. The number of benzene rings is 1. The van der Waals surface area contributed by atoms with Crippen molar-refractivity contribution < 1.29 is 4.79 Å². The Hall–Kier alpha value is -1.79. The Labute approximate surface area is 114 Å². The minimum atomic E-state index is 0.0959. The molecule has 1 fully saturated rings. The number of hydrogen-bond donors (Lipinski definition) is 1. The molecule has 0 saturated heterocycles. The molecule has 19 heavy (non-hydrogen) atoms. The van der Waals surface area contributed by atoms with Gasteiger partial charge in [0.25, 0.3) is 5.91 Å². The maximum atomic E-state index is 12.5. The Bertz CT molecular complexity index is 535. The van der Waals surface area contributed by atoms with E-state index in [9.17, 15) is 4.79 Å². The lowest BCUT2D eigenvalue weighted by Gasteiger charge is -2.35. The molecule has 0 radical (unpaired) electrons. The fraction of sp³-hybridized carbons (Fsp3) is 0.438. The SMILES string of the molecule is Cc1ccc(C#CCN)cc1C(=O)N(C)C1CCC1. The van der Waals surface area contributed by atoms with E-state index in [0.29, 0.717) is 12.6 Å². The summed E-state index contributed by atoms with van der Waals surface area (Å²) in [5, 5.41) is 0. The van der Waals surface area contributed by atoms with E-state index >= 15 is 0 Å². The van der Waals surface area contributed by atoms with E-state index in [1.807, 2.05) is 37.1 Å². The van der Waals surface area contributed by atoms with E-state index in [1.165, 1.54) is 6.42 Å². The third-order valence-corrected chi connectivity index (χ3v) is 3.75. The van der Waals surface area contributed by atoms with Crippen LogP contribution in [0.15, 0.2) is 18.2 Å². The smallest absolute Gasteiger partial charge is 0.254 e. The van der Waals surface area contributed by atoms with Gasteiger partial charge in [0.1, 0.15) is 0 Å². The third-order valence-electron chi connectivity index (χ3n) is 3.75. The first-order valence-electron chi connectivity index (χ1n) is 6.70. The lowest BCUT2D eigenvalue weighted by atomic mass is 9.91. The van der Waals surface area contributed by atoms with Crippen LogP contribution >= 0.6 is 0 Å². The van der Waals surface area contributed by atoms with Crippen LogP contribution in [0.1, 0.15) is 40.7 Å². The van der Waals surface area contributed by atoms with Gasteiger partial charge >= 0.3 is 0 Å². The van der Waals surface area contributed by atoms with Crippen LogP contribution in [-0.4, -0.2) is 30.4 Å². The van der Waals surface area contributed by atoms with Gasteiger partial charge < -0.3 is 10.6 Å². The van der Waals surface area contributed by atoms with Crippen molar-refractivity contribution in [3.05, 3.63) is 34.9 Å². The van der Waals surface area contributed by atoms with Gasteiger partial charge in [0, 0.05) is 24.2 Å². The highest BCUT2D eigenvalue weighted by molar-refractivity contribution is 5.96. The fourth-order valence-corrected chi connectivity index (χ4v) is 2.21. The van der Waals surface area contributed by atoms with Crippen molar-refractivity contribution in [2.75, 3.05) is 13.6 Å². The summed E-state index contributed by atoms with van der Waals surface area (Å²) in [6, 6.07) is 6.15. The average Bonchev–Trinajstić information content (AvgIpc) is 2.35. The summed E-state index contributed by atoms with van der Waals surface area (Å²) >= 11 is 0. The van der Waals surface area contributed by atoms with Gasteiger partial charge in [0.2, 0.25) is 0 Å². The van der Waals surface area contributed by atoms with Crippen LogP contribution in [0.2, 0.25) is 0 Å². The van der Waals surface area contributed by atoms with Gasteiger partial charge in [-0.25, -0.2) is 0 Å². The maximum Gasteiger partial charge on any atom is 0.254 e. The number of nitrogens with two attached hydrogens (primary N) is 1. The van der Waals surface area contributed by atoms with Crippen LogP contribution in [-0.2, 0) is 0 Å². The van der Waals surface area contributed by atoms with Crippen molar-refractivity contribution in [2.24, 2.45) is 5.73 Å². The molecule has 0 spiro atoms. The monoisotopic (exact) mass is 256 g/mol. The molecule has 0 atom stereocenters. The molecule has 0 aliphatic heterocycles. The lowest BCUT2D eigenvalue weighted by Crippen LogP contribution is -2.41. The van der Waals surface area contributed by atoms with Gasteiger partial charge in [-0.05, 0) is 43.9 Å². The summed E-state index contributed by atoms with van der Waals surface area (Å²) in [5.74, 6) is 5.89. The minimum absolute atomic E-state index is 0.0959. The zero-order chi connectivity index (χ0) is 13.8. The van der Waals surface area contributed by atoms with Gasteiger partial charge in [0.15, 0.2) is 0 Å². The largest absolute Gasteiger partial charge is 0.339 e. The number of amides is 1. The molecular formula is C16H20N2O. The highest BCUT2D eigenvalue weighted by Gasteiger charge is 2.26. The van der Waals surface area contributed by atoms with Gasteiger partial charge in [-0.2, -0.15) is 0 Å². The number of rotatable bonds is 2. The number of hydrogen-bond acceptors (Lipinski definition) is 2. The molecule has 0 aromatic heterocycles. The lowest BCUT2D eigenvalue weighted by molar-refractivity contribution is 0.0651. The van der Waals surface area contributed by atoms with Crippen LogP contribution in [0, 0.1) is 18.8 Å². The first kappa shape index (κ1) is 13.6. The summed E-state index contributed by atoms with van der Waals surface area (Å²) in [5.41, 5.74) is 7.96. The molecule has 1 saturated carbocycles. The molecular weight excluding hydrogens is 236 g/mol. The van der Waals surface area contributed by atoms with E-state index in [2.05, 4.69) is 11.8 Å². The Kier molecular flexibility index (Phi) is 4.24. The molecule has 0 heterocycles. The van der Waals surface area contributed by atoms with E-state index in [-0.39, 0.29) is 5.91 Å².